The topological polar surface area (TPSA) is 69.9 Å². The summed E-state index contributed by atoms with van der Waals surface area (Å²) in [6.45, 7) is 0.150. The molecule has 4 nitrogen and oxygen atoms in total. The van der Waals surface area contributed by atoms with Gasteiger partial charge in [0.1, 0.15) is 5.76 Å². The number of rotatable bonds is 4. The van der Waals surface area contributed by atoms with E-state index in [4.69, 9.17) is 16.7 Å². The molecule has 0 amide bonds. The number of halogens is 1. The smallest absolute Gasteiger partial charge is 0.168 e. The molecule has 0 aliphatic heterocycles. The van der Waals surface area contributed by atoms with Crippen LogP contribution in [0.25, 0.3) is 0 Å². The minimum atomic E-state index is -0.129. The third kappa shape index (κ3) is 3.46. The van der Waals surface area contributed by atoms with Gasteiger partial charge in [0.2, 0.25) is 0 Å². The van der Waals surface area contributed by atoms with Gasteiger partial charge in [-0.25, -0.2) is 0 Å². The lowest BCUT2D eigenvalue weighted by Crippen LogP contribution is -2.19. The van der Waals surface area contributed by atoms with Gasteiger partial charge in [-0.15, -0.1) is 0 Å². The van der Waals surface area contributed by atoms with E-state index < -0.39 is 0 Å². The first-order valence-electron chi connectivity index (χ1n) is 6.43. The van der Waals surface area contributed by atoms with Crippen molar-refractivity contribution in [2.24, 2.45) is 4.99 Å². The lowest BCUT2D eigenvalue weighted by atomic mass is 9.83. The van der Waals surface area contributed by atoms with Crippen LogP contribution in [-0.2, 0) is 4.79 Å². The van der Waals surface area contributed by atoms with Crippen molar-refractivity contribution in [1.82, 2.24) is 0 Å². The molecule has 2 rings (SSSR count). The molecule has 20 heavy (non-hydrogen) atoms. The van der Waals surface area contributed by atoms with Crippen LogP contribution < -0.4 is 0 Å². The number of Topliss-reactive ketones (excluding diaryl/α,β-unsaturated/α-hetero) is 1. The van der Waals surface area contributed by atoms with Gasteiger partial charge in [-0.2, -0.15) is 0 Å². The van der Waals surface area contributed by atoms with Crippen molar-refractivity contribution in [1.29, 1.82) is 0 Å². The second-order valence-corrected chi connectivity index (χ2v) is 5.14. The van der Waals surface area contributed by atoms with Gasteiger partial charge in [-0.1, -0.05) is 23.7 Å². The van der Waals surface area contributed by atoms with E-state index in [-0.39, 0.29) is 36.2 Å². The van der Waals surface area contributed by atoms with Crippen LogP contribution in [-0.4, -0.2) is 35.4 Å². The number of benzene rings is 1. The zero-order valence-corrected chi connectivity index (χ0v) is 11.7. The molecule has 1 aliphatic rings. The average Bonchev–Trinajstić information content (AvgIpc) is 2.42. The Balaban J connectivity index is 2.16. The molecule has 0 bridgehead atoms. The Morgan fingerprint density at radius 3 is 2.60 bits per heavy atom. The first-order chi connectivity index (χ1) is 9.61. The van der Waals surface area contributed by atoms with Crippen molar-refractivity contribution in [3.05, 3.63) is 46.2 Å². The van der Waals surface area contributed by atoms with Crippen LogP contribution in [0, 0.1) is 0 Å². The Labute approximate surface area is 122 Å². The second kappa shape index (κ2) is 6.68. The SMILES string of the molecule is O=C1CC(c2ccc(Cl)cc2)CC(O)=C1C=NCCO. The van der Waals surface area contributed by atoms with Gasteiger partial charge in [0, 0.05) is 24.1 Å². The van der Waals surface area contributed by atoms with Crippen molar-refractivity contribution < 1.29 is 15.0 Å². The van der Waals surface area contributed by atoms with Crippen LogP contribution in [0.4, 0.5) is 0 Å². The van der Waals surface area contributed by atoms with Gasteiger partial charge in [-0.3, -0.25) is 9.79 Å². The largest absolute Gasteiger partial charge is 0.511 e. The molecule has 0 radical (unpaired) electrons. The van der Waals surface area contributed by atoms with E-state index in [0.29, 0.717) is 17.9 Å². The lowest BCUT2D eigenvalue weighted by Gasteiger charge is -2.22. The molecule has 0 saturated carbocycles. The van der Waals surface area contributed by atoms with Crippen molar-refractivity contribution in [2.45, 2.75) is 18.8 Å². The van der Waals surface area contributed by atoms with E-state index in [1.807, 2.05) is 12.1 Å². The number of hydrogen-bond acceptors (Lipinski definition) is 4. The summed E-state index contributed by atoms with van der Waals surface area (Å²) in [4.78, 5) is 15.9. The van der Waals surface area contributed by atoms with Crippen LogP contribution in [0.5, 0.6) is 0 Å². The summed E-state index contributed by atoms with van der Waals surface area (Å²) in [5.41, 5.74) is 1.24. The van der Waals surface area contributed by atoms with Crippen molar-refractivity contribution in [2.75, 3.05) is 13.2 Å². The van der Waals surface area contributed by atoms with Gasteiger partial charge < -0.3 is 10.2 Å². The summed E-state index contributed by atoms with van der Waals surface area (Å²) in [6, 6.07) is 7.30. The second-order valence-electron chi connectivity index (χ2n) is 4.70. The number of carbonyl (C=O) groups is 1. The first kappa shape index (κ1) is 14.8. The fourth-order valence-electron chi connectivity index (χ4n) is 2.24. The molecular formula is C15H16ClNO3. The highest BCUT2D eigenvalue weighted by Gasteiger charge is 2.27. The number of ketones is 1. The number of aliphatic imine (C=N–C) groups is 1. The van der Waals surface area contributed by atoms with E-state index in [9.17, 15) is 9.90 Å². The normalized spacial score (nSPS) is 19.9. The lowest BCUT2D eigenvalue weighted by molar-refractivity contribution is -0.116. The minimum absolute atomic E-state index is 0.0326. The van der Waals surface area contributed by atoms with Crippen molar-refractivity contribution in [3.63, 3.8) is 0 Å². The summed E-state index contributed by atoms with van der Waals surface area (Å²) < 4.78 is 0. The maximum Gasteiger partial charge on any atom is 0.168 e. The van der Waals surface area contributed by atoms with E-state index in [1.54, 1.807) is 12.1 Å². The van der Waals surface area contributed by atoms with E-state index in [1.165, 1.54) is 6.21 Å². The zero-order chi connectivity index (χ0) is 14.5. The van der Waals surface area contributed by atoms with Crippen LogP contribution >= 0.6 is 11.6 Å². The van der Waals surface area contributed by atoms with Crippen LogP contribution in [0.1, 0.15) is 24.3 Å². The van der Waals surface area contributed by atoms with Gasteiger partial charge >= 0.3 is 0 Å². The molecule has 1 unspecified atom stereocenters. The highest BCUT2D eigenvalue weighted by atomic mass is 35.5. The third-order valence-electron chi connectivity index (χ3n) is 3.27. The maximum absolute atomic E-state index is 12.1. The fourth-order valence-corrected chi connectivity index (χ4v) is 2.37. The highest BCUT2D eigenvalue weighted by molar-refractivity contribution is 6.30. The predicted molar refractivity (Wildman–Crippen MR) is 78.5 cm³/mol. The van der Waals surface area contributed by atoms with Crippen molar-refractivity contribution in [3.8, 4) is 0 Å². The summed E-state index contributed by atoms with van der Waals surface area (Å²) in [6.07, 6.45) is 2.10. The molecule has 0 fully saturated rings. The molecule has 1 aromatic carbocycles. The minimum Gasteiger partial charge on any atom is -0.511 e. The molecule has 1 aliphatic carbocycles. The monoisotopic (exact) mass is 293 g/mol. The Morgan fingerprint density at radius 1 is 1.30 bits per heavy atom. The molecule has 2 N–H and O–H groups in total. The number of allylic oxidation sites excluding steroid dienone is 2. The summed E-state index contributed by atoms with van der Waals surface area (Å²) in [5, 5.41) is 19.3. The number of carbonyl (C=O) groups excluding carboxylic acids is 1. The fraction of sp³-hybridized carbons (Fsp3) is 0.333. The molecule has 1 atom stereocenters. The third-order valence-corrected chi connectivity index (χ3v) is 3.53. The number of aliphatic hydroxyl groups excluding tert-OH is 2. The molecular weight excluding hydrogens is 278 g/mol. The Hall–Kier alpha value is -1.65. The molecule has 0 heterocycles. The van der Waals surface area contributed by atoms with E-state index in [2.05, 4.69) is 4.99 Å². The van der Waals surface area contributed by atoms with E-state index in [0.717, 1.165) is 5.56 Å². The van der Waals surface area contributed by atoms with Crippen LogP contribution in [0.15, 0.2) is 40.6 Å². The Morgan fingerprint density at radius 2 is 2.00 bits per heavy atom. The van der Waals surface area contributed by atoms with Crippen LogP contribution in [0.2, 0.25) is 5.02 Å². The summed E-state index contributed by atoms with van der Waals surface area (Å²) in [7, 11) is 0. The highest BCUT2D eigenvalue weighted by Crippen LogP contribution is 2.33. The van der Waals surface area contributed by atoms with E-state index >= 15 is 0 Å². The number of aliphatic hydroxyl groups is 2. The molecule has 0 saturated heterocycles. The number of nitrogens with zero attached hydrogens (tertiary/aromatic N) is 1. The van der Waals surface area contributed by atoms with Gasteiger partial charge in [0.15, 0.2) is 5.78 Å². The Kier molecular flexibility index (Phi) is 4.93. The number of hydrogen-bond donors (Lipinski definition) is 2. The van der Waals surface area contributed by atoms with Crippen LogP contribution in [0.3, 0.4) is 0 Å². The van der Waals surface area contributed by atoms with Gasteiger partial charge in [-0.05, 0) is 23.6 Å². The Bertz CT molecular complexity index is 549. The maximum atomic E-state index is 12.1. The summed E-state index contributed by atoms with van der Waals surface area (Å²) in [5.74, 6) is -0.104. The predicted octanol–water partition coefficient (Wildman–Crippen LogP) is 2.66. The summed E-state index contributed by atoms with van der Waals surface area (Å²) >= 11 is 5.84. The standard InChI is InChI=1S/C15H16ClNO3/c16-12-3-1-10(2-4-12)11-7-14(19)13(15(20)8-11)9-17-5-6-18/h1-4,9,11,18-19H,5-8H2. The van der Waals surface area contributed by atoms with Crippen molar-refractivity contribution >= 4 is 23.6 Å². The molecule has 106 valence electrons. The quantitative estimate of drug-likeness (QED) is 0.839. The average molecular weight is 294 g/mol. The van der Waals surface area contributed by atoms with Gasteiger partial charge in [0.05, 0.1) is 18.7 Å². The molecule has 5 heteroatoms. The van der Waals surface area contributed by atoms with Gasteiger partial charge in [0.25, 0.3) is 0 Å². The first-order valence-corrected chi connectivity index (χ1v) is 6.81. The zero-order valence-electron chi connectivity index (χ0n) is 10.9. The molecule has 0 spiro atoms. The molecule has 1 aromatic rings. The molecule has 0 aromatic heterocycles.